The fraction of sp³-hybridized carbons (Fsp3) is 0.267. The number of benzene rings is 1. The molecule has 1 aromatic heterocycles. The maximum absolute atomic E-state index is 4.34. The molecule has 18 heavy (non-hydrogen) atoms. The molecule has 1 unspecified atom stereocenters. The van der Waals surface area contributed by atoms with Crippen molar-refractivity contribution in [3.05, 3.63) is 63.9 Å². The molecule has 0 spiro atoms. The fourth-order valence-corrected chi connectivity index (χ4v) is 2.94. The molecule has 0 saturated carbocycles. The topological polar surface area (TPSA) is 24.9 Å². The molecule has 3 heteroatoms. The standard InChI is InChI=1S/C15H15BrN2/c16-12-5-6-14-11(9-12)4-7-15(14)18-10-13-3-1-2-8-17-13/h1-3,5-6,8-9,15,18H,4,7,10H2. The molecule has 2 aromatic rings. The molecule has 0 amide bonds. The number of nitrogens with one attached hydrogen (secondary N) is 1. The number of rotatable bonds is 3. The van der Waals surface area contributed by atoms with Crippen molar-refractivity contribution in [2.45, 2.75) is 25.4 Å². The van der Waals surface area contributed by atoms with Crippen LogP contribution in [0.15, 0.2) is 47.1 Å². The zero-order valence-corrected chi connectivity index (χ0v) is 11.7. The first-order valence-electron chi connectivity index (χ1n) is 6.24. The fourth-order valence-electron chi connectivity index (χ4n) is 2.53. The Hall–Kier alpha value is -1.19. The van der Waals surface area contributed by atoms with Crippen molar-refractivity contribution in [2.75, 3.05) is 0 Å². The van der Waals surface area contributed by atoms with Gasteiger partial charge in [0.25, 0.3) is 0 Å². The van der Waals surface area contributed by atoms with Crippen molar-refractivity contribution >= 4 is 15.9 Å². The molecule has 0 aliphatic heterocycles. The van der Waals surface area contributed by atoms with Crippen molar-refractivity contribution in [2.24, 2.45) is 0 Å². The van der Waals surface area contributed by atoms with Gasteiger partial charge in [0.05, 0.1) is 5.69 Å². The second-order valence-electron chi connectivity index (χ2n) is 4.64. The largest absolute Gasteiger partial charge is 0.304 e. The summed E-state index contributed by atoms with van der Waals surface area (Å²) in [6, 6.07) is 13.1. The summed E-state index contributed by atoms with van der Waals surface area (Å²) in [4.78, 5) is 4.34. The highest BCUT2D eigenvalue weighted by molar-refractivity contribution is 9.10. The number of nitrogens with zero attached hydrogens (tertiary/aromatic N) is 1. The Labute approximate surface area is 116 Å². The molecule has 1 aliphatic rings. The molecule has 92 valence electrons. The van der Waals surface area contributed by atoms with E-state index in [-0.39, 0.29) is 0 Å². The zero-order chi connectivity index (χ0) is 12.4. The van der Waals surface area contributed by atoms with Crippen LogP contribution in [0.25, 0.3) is 0 Å². The van der Waals surface area contributed by atoms with Crippen LogP contribution in [0, 0.1) is 0 Å². The van der Waals surface area contributed by atoms with Crippen LogP contribution in [-0.2, 0) is 13.0 Å². The van der Waals surface area contributed by atoms with Crippen LogP contribution in [0.5, 0.6) is 0 Å². The van der Waals surface area contributed by atoms with Crippen LogP contribution < -0.4 is 5.32 Å². The molecule has 0 fully saturated rings. The van der Waals surface area contributed by atoms with E-state index in [0.717, 1.165) is 18.7 Å². The SMILES string of the molecule is Brc1ccc2c(c1)CCC2NCc1ccccn1. The Morgan fingerprint density at radius 3 is 3.06 bits per heavy atom. The molecular weight excluding hydrogens is 288 g/mol. The first-order valence-corrected chi connectivity index (χ1v) is 7.04. The van der Waals surface area contributed by atoms with Gasteiger partial charge in [0.15, 0.2) is 0 Å². The number of fused-ring (bicyclic) bond motifs is 1. The predicted molar refractivity (Wildman–Crippen MR) is 76.3 cm³/mol. The van der Waals surface area contributed by atoms with Crippen molar-refractivity contribution in [1.29, 1.82) is 0 Å². The molecule has 1 aliphatic carbocycles. The molecule has 2 nitrogen and oxygen atoms in total. The lowest BCUT2D eigenvalue weighted by Crippen LogP contribution is -2.19. The number of hydrogen-bond donors (Lipinski definition) is 1. The normalized spacial score (nSPS) is 17.7. The first-order chi connectivity index (χ1) is 8.83. The summed E-state index contributed by atoms with van der Waals surface area (Å²) in [5.74, 6) is 0. The highest BCUT2D eigenvalue weighted by atomic mass is 79.9. The minimum Gasteiger partial charge on any atom is -0.304 e. The maximum atomic E-state index is 4.34. The van der Waals surface area contributed by atoms with Gasteiger partial charge in [-0.1, -0.05) is 28.1 Å². The van der Waals surface area contributed by atoms with Crippen molar-refractivity contribution in [1.82, 2.24) is 10.3 Å². The molecule has 3 rings (SSSR count). The van der Waals surface area contributed by atoms with Crippen LogP contribution in [-0.4, -0.2) is 4.98 Å². The highest BCUT2D eigenvalue weighted by Gasteiger charge is 2.21. The van der Waals surface area contributed by atoms with E-state index in [1.807, 2.05) is 18.3 Å². The van der Waals surface area contributed by atoms with Crippen LogP contribution >= 0.6 is 15.9 Å². The Morgan fingerprint density at radius 2 is 2.22 bits per heavy atom. The molecule has 1 N–H and O–H groups in total. The number of pyridine rings is 1. The van der Waals surface area contributed by atoms with E-state index in [9.17, 15) is 0 Å². The summed E-state index contributed by atoms with van der Waals surface area (Å²) in [5.41, 5.74) is 4.00. The minimum atomic E-state index is 0.468. The van der Waals surface area contributed by atoms with Crippen molar-refractivity contribution in [3.63, 3.8) is 0 Å². The summed E-state index contributed by atoms with van der Waals surface area (Å²) in [6.45, 7) is 0.834. The second-order valence-corrected chi connectivity index (χ2v) is 5.55. The molecule has 0 radical (unpaired) electrons. The lowest BCUT2D eigenvalue weighted by atomic mass is 10.1. The Bertz CT molecular complexity index is 539. The van der Waals surface area contributed by atoms with Gasteiger partial charge >= 0.3 is 0 Å². The Kier molecular flexibility index (Phi) is 3.43. The van der Waals surface area contributed by atoms with E-state index in [1.54, 1.807) is 0 Å². The van der Waals surface area contributed by atoms with E-state index in [0.29, 0.717) is 6.04 Å². The van der Waals surface area contributed by atoms with E-state index in [4.69, 9.17) is 0 Å². The maximum Gasteiger partial charge on any atom is 0.0541 e. The van der Waals surface area contributed by atoms with Gasteiger partial charge in [-0.15, -0.1) is 0 Å². The quantitative estimate of drug-likeness (QED) is 0.937. The molecular formula is C15H15BrN2. The van der Waals surface area contributed by atoms with Gasteiger partial charge in [0.1, 0.15) is 0 Å². The van der Waals surface area contributed by atoms with Gasteiger partial charge in [-0.05, 0) is 48.2 Å². The summed E-state index contributed by atoms with van der Waals surface area (Å²) in [6.07, 6.45) is 4.18. The first kappa shape index (κ1) is 11.9. The van der Waals surface area contributed by atoms with Crippen LogP contribution in [0.4, 0.5) is 0 Å². The van der Waals surface area contributed by atoms with E-state index in [1.165, 1.54) is 22.0 Å². The molecule has 0 saturated heterocycles. The number of aryl methyl sites for hydroxylation is 1. The average molecular weight is 303 g/mol. The zero-order valence-electron chi connectivity index (χ0n) is 10.1. The summed E-state index contributed by atoms with van der Waals surface area (Å²) in [7, 11) is 0. The predicted octanol–water partition coefficient (Wildman–Crippen LogP) is 3.62. The highest BCUT2D eigenvalue weighted by Crippen LogP contribution is 2.32. The van der Waals surface area contributed by atoms with Gasteiger partial charge < -0.3 is 5.32 Å². The van der Waals surface area contributed by atoms with E-state index in [2.05, 4.69) is 50.5 Å². The Balaban J connectivity index is 1.70. The van der Waals surface area contributed by atoms with Gasteiger partial charge in [-0.2, -0.15) is 0 Å². The van der Waals surface area contributed by atoms with Gasteiger partial charge in [-0.3, -0.25) is 4.98 Å². The third kappa shape index (κ3) is 2.47. The van der Waals surface area contributed by atoms with Gasteiger partial charge in [0, 0.05) is 23.3 Å². The number of aromatic nitrogens is 1. The lowest BCUT2D eigenvalue weighted by molar-refractivity contribution is 0.525. The number of halogens is 1. The Morgan fingerprint density at radius 1 is 1.28 bits per heavy atom. The van der Waals surface area contributed by atoms with Crippen molar-refractivity contribution < 1.29 is 0 Å². The molecule has 1 aromatic carbocycles. The van der Waals surface area contributed by atoms with Crippen LogP contribution in [0.1, 0.15) is 29.3 Å². The van der Waals surface area contributed by atoms with E-state index >= 15 is 0 Å². The molecule has 0 bridgehead atoms. The van der Waals surface area contributed by atoms with Crippen LogP contribution in [0.2, 0.25) is 0 Å². The molecule has 1 atom stereocenters. The summed E-state index contributed by atoms with van der Waals surface area (Å²) >= 11 is 3.53. The smallest absolute Gasteiger partial charge is 0.0541 e. The third-order valence-corrected chi connectivity index (χ3v) is 3.93. The average Bonchev–Trinajstić information content (AvgIpc) is 2.80. The summed E-state index contributed by atoms with van der Waals surface area (Å²) < 4.78 is 1.17. The van der Waals surface area contributed by atoms with Crippen molar-refractivity contribution in [3.8, 4) is 0 Å². The van der Waals surface area contributed by atoms with E-state index < -0.39 is 0 Å². The minimum absolute atomic E-state index is 0.468. The molecule has 1 heterocycles. The van der Waals surface area contributed by atoms with Crippen LogP contribution in [0.3, 0.4) is 0 Å². The summed E-state index contributed by atoms with van der Waals surface area (Å²) in [5, 5.41) is 3.60. The van der Waals surface area contributed by atoms with Gasteiger partial charge in [-0.25, -0.2) is 0 Å². The second kappa shape index (κ2) is 5.21. The third-order valence-electron chi connectivity index (χ3n) is 3.44. The number of hydrogen-bond acceptors (Lipinski definition) is 2. The lowest BCUT2D eigenvalue weighted by Gasteiger charge is -2.13. The monoisotopic (exact) mass is 302 g/mol. The van der Waals surface area contributed by atoms with Gasteiger partial charge in [0.2, 0.25) is 0 Å².